The minimum Gasteiger partial charge on any atom is -0.336 e. The van der Waals surface area contributed by atoms with E-state index in [0.717, 1.165) is 37.2 Å². The van der Waals surface area contributed by atoms with Crippen molar-refractivity contribution in [1.82, 2.24) is 14.7 Å². The summed E-state index contributed by atoms with van der Waals surface area (Å²) in [6, 6.07) is 0.328. The molecule has 1 aromatic heterocycles. The number of hydrogen-bond acceptors (Lipinski definition) is 3. The quantitative estimate of drug-likeness (QED) is 0.894. The fraction of sp³-hybridized carbons (Fsp3) is 0.714. The summed E-state index contributed by atoms with van der Waals surface area (Å²) >= 11 is 0. The lowest BCUT2D eigenvalue weighted by molar-refractivity contribution is 0.0743. The molecule has 0 saturated carbocycles. The number of rotatable bonds is 4. The molecular weight excluding hydrogens is 240 g/mol. The van der Waals surface area contributed by atoms with Crippen molar-refractivity contribution in [3.8, 4) is 0 Å². The number of aromatic nitrogens is 2. The van der Waals surface area contributed by atoms with Crippen molar-refractivity contribution in [3.05, 3.63) is 17.5 Å². The lowest BCUT2D eigenvalue weighted by Crippen LogP contribution is -2.34. The summed E-state index contributed by atoms with van der Waals surface area (Å²) in [5.41, 5.74) is 7.19. The van der Waals surface area contributed by atoms with E-state index in [2.05, 4.69) is 18.9 Å². The molecule has 2 heterocycles. The van der Waals surface area contributed by atoms with Crippen LogP contribution in [0.15, 0.2) is 6.20 Å². The van der Waals surface area contributed by atoms with Gasteiger partial charge in [0.25, 0.3) is 5.91 Å². The van der Waals surface area contributed by atoms with Crippen LogP contribution in [0.1, 0.15) is 42.7 Å². The molecule has 1 aliphatic rings. The second-order valence-electron chi connectivity index (χ2n) is 5.66. The number of hydrogen-bond donors (Lipinski definition) is 1. The first-order chi connectivity index (χ1) is 9.04. The highest BCUT2D eigenvalue weighted by atomic mass is 16.2. The highest BCUT2D eigenvalue weighted by Crippen LogP contribution is 2.25. The molecule has 1 fully saturated rings. The van der Waals surface area contributed by atoms with Crippen LogP contribution in [0.5, 0.6) is 0 Å². The summed E-state index contributed by atoms with van der Waals surface area (Å²) in [7, 11) is 0. The zero-order chi connectivity index (χ0) is 14.0. The van der Waals surface area contributed by atoms with Crippen molar-refractivity contribution in [1.29, 1.82) is 0 Å². The summed E-state index contributed by atoms with van der Waals surface area (Å²) in [6.45, 7) is 8.55. The van der Waals surface area contributed by atoms with E-state index in [-0.39, 0.29) is 5.91 Å². The Morgan fingerprint density at radius 1 is 1.53 bits per heavy atom. The van der Waals surface area contributed by atoms with Gasteiger partial charge >= 0.3 is 0 Å². The molecule has 5 nitrogen and oxygen atoms in total. The van der Waals surface area contributed by atoms with Crippen molar-refractivity contribution < 1.29 is 4.79 Å². The zero-order valence-electron chi connectivity index (χ0n) is 12.1. The first kappa shape index (κ1) is 14.1. The summed E-state index contributed by atoms with van der Waals surface area (Å²) in [5.74, 6) is 0.708. The number of likely N-dealkylation sites (tertiary alicyclic amines) is 1. The Labute approximate surface area is 114 Å². The van der Waals surface area contributed by atoms with Gasteiger partial charge in [-0.2, -0.15) is 5.10 Å². The summed E-state index contributed by atoms with van der Waals surface area (Å²) in [6.07, 6.45) is 3.67. The average Bonchev–Trinajstić information content (AvgIpc) is 2.89. The molecule has 2 unspecified atom stereocenters. The van der Waals surface area contributed by atoms with Crippen molar-refractivity contribution in [2.24, 2.45) is 11.7 Å². The van der Waals surface area contributed by atoms with Gasteiger partial charge in [-0.3, -0.25) is 9.48 Å². The van der Waals surface area contributed by atoms with Gasteiger partial charge in [0.05, 0.1) is 11.8 Å². The summed E-state index contributed by atoms with van der Waals surface area (Å²) in [5, 5.41) is 4.30. The van der Waals surface area contributed by atoms with Gasteiger partial charge in [-0.1, -0.05) is 6.92 Å². The molecular formula is C14H24N4O. The van der Waals surface area contributed by atoms with E-state index in [1.54, 1.807) is 6.20 Å². The molecule has 2 atom stereocenters. The van der Waals surface area contributed by atoms with E-state index < -0.39 is 0 Å². The summed E-state index contributed by atoms with van der Waals surface area (Å²) in [4.78, 5) is 14.5. The maximum absolute atomic E-state index is 12.6. The Balaban J connectivity index is 2.13. The van der Waals surface area contributed by atoms with E-state index in [1.165, 1.54) is 0 Å². The van der Waals surface area contributed by atoms with Crippen LogP contribution in [-0.2, 0) is 6.54 Å². The topological polar surface area (TPSA) is 64.2 Å². The minimum absolute atomic E-state index is 0.119. The molecule has 0 aromatic carbocycles. The van der Waals surface area contributed by atoms with E-state index >= 15 is 0 Å². The lowest BCUT2D eigenvalue weighted by Gasteiger charge is -2.21. The normalized spacial score (nSPS) is 23.1. The minimum atomic E-state index is 0.119. The summed E-state index contributed by atoms with van der Waals surface area (Å²) < 4.78 is 1.88. The molecule has 0 spiro atoms. The van der Waals surface area contributed by atoms with Gasteiger partial charge in [-0.15, -0.1) is 0 Å². The van der Waals surface area contributed by atoms with Gasteiger partial charge < -0.3 is 10.6 Å². The fourth-order valence-electron chi connectivity index (χ4n) is 2.86. The Morgan fingerprint density at radius 3 is 2.84 bits per heavy atom. The molecule has 1 aliphatic heterocycles. The second-order valence-corrected chi connectivity index (χ2v) is 5.66. The molecule has 2 N–H and O–H groups in total. The maximum atomic E-state index is 12.6. The Morgan fingerprint density at radius 2 is 2.26 bits per heavy atom. The van der Waals surface area contributed by atoms with E-state index in [0.29, 0.717) is 18.5 Å². The maximum Gasteiger partial charge on any atom is 0.257 e. The van der Waals surface area contributed by atoms with Crippen molar-refractivity contribution in [2.75, 3.05) is 13.1 Å². The third-order valence-electron chi connectivity index (χ3n) is 3.95. The highest BCUT2D eigenvalue weighted by molar-refractivity contribution is 5.95. The van der Waals surface area contributed by atoms with Gasteiger partial charge in [-0.05, 0) is 39.2 Å². The number of nitrogens with two attached hydrogens (primary N) is 1. The largest absolute Gasteiger partial charge is 0.336 e. The number of amides is 1. The van der Waals surface area contributed by atoms with Gasteiger partial charge in [-0.25, -0.2) is 0 Å². The third-order valence-corrected chi connectivity index (χ3v) is 3.95. The zero-order valence-corrected chi connectivity index (χ0v) is 12.1. The molecule has 1 amide bonds. The van der Waals surface area contributed by atoms with Crippen molar-refractivity contribution in [3.63, 3.8) is 0 Å². The van der Waals surface area contributed by atoms with Crippen LogP contribution >= 0.6 is 0 Å². The predicted octanol–water partition coefficient (Wildman–Crippen LogP) is 1.41. The fourth-order valence-corrected chi connectivity index (χ4v) is 2.86. The van der Waals surface area contributed by atoms with Gasteiger partial charge in [0.15, 0.2) is 0 Å². The predicted molar refractivity (Wildman–Crippen MR) is 74.9 cm³/mol. The monoisotopic (exact) mass is 264 g/mol. The van der Waals surface area contributed by atoms with Gasteiger partial charge in [0.2, 0.25) is 0 Å². The smallest absolute Gasteiger partial charge is 0.257 e. The SMILES string of the molecule is Cc1c(C(=O)N2CC(C)CC2C)cnn1CCCN. The number of nitrogens with zero attached hydrogens (tertiary/aromatic N) is 3. The molecule has 5 heteroatoms. The van der Waals surface area contributed by atoms with E-state index in [4.69, 9.17) is 5.73 Å². The van der Waals surface area contributed by atoms with E-state index in [9.17, 15) is 4.79 Å². The average molecular weight is 264 g/mol. The van der Waals surface area contributed by atoms with Crippen LogP contribution in [0.25, 0.3) is 0 Å². The van der Waals surface area contributed by atoms with Crippen LogP contribution in [0.3, 0.4) is 0 Å². The van der Waals surface area contributed by atoms with Crippen LogP contribution in [0.2, 0.25) is 0 Å². The van der Waals surface area contributed by atoms with Gasteiger partial charge in [0, 0.05) is 24.8 Å². The molecule has 19 heavy (non-hydrogen) atoms. The van der Waals surface area contributed by atoms with Crippen LogP contribution < -0.4 is 5.73 Å². The first-order valence-corrected chi connectivity index (χ1v) is 7.08. The van der Waals surface area contributed by atoms with Crippen molar-refractivity contribution in [2.45, 2.75) is 46.2 Å². The third kappa shape index (κ3) is 2.81. The standard InChI is InChI=1S/C14H24N4O/c1-10-7-11(2)17(9-10)14(19)13-8-16-18(12(13)3)6-4-5-15/h8,10-11H,4-7,9,15H2,1-3H3. The molecule has 2 rings (SSSR count). The Kier molecular flexibility index (Phi) is 4.24. The molecule has 0 radical (unpaired) electrons. The first-order valence-electron chi connectivity index (χ1n) is 7.08. The van der Waals surface area contributed by atoms with Gasteiger partial charge in [0.1, 0.15) is 0 Å². The van der Waals surface area contributed by atoms with E-state index in [1.807, 2.05) is 16.5 Å². The Bertz CT molecular complexity index is 454. The van der Waals surface area contributed by atoms with Crippen LogP contribution in [0.4, 0.5) is 0 Å². The highest BCUT2D eigenvalue weighted by Gasteiger charge is 2.31. The lowest BCUT2D eigenvalue weighted by atomic mass is 10.1. The number of carbonyl (C=O) groups excluding carboxylic acids is 1. The molecule has 0 bridgehead atoms. The molecule has 0 aliphatic carbocycles. The Hall–Kier alpha value is -1.36. The molecule has 1 aromatic rings. The number of aryl methyl sites for hydroxylation is 1. The van der Waals surface area contributed by atoms with Crippen LogP contribution in [-0.4, -0.2) is 39.7 Å². The second kappa shape index (κ2) is 5.74. The van der Waals surface area contributed by atoms with Crippen LogP contribution in [0, 0.1) is 12.8 Å². The molecule has 106 valence electrons. The van der Waals surface area contributed by atoms with Crippen molar-refractivity contribution >= 4 is 5.91 Å². The molecule has 1 saturated heterocycles. The number of carbonyl (C=O) groups is 1.